The van der Waals surface area contributed by atoms with Crippen molar-refractivity contribution in [3.8, 4) is 0 Å². The van der Waals surface area contributed by atoms with Crippen molar-refractivity contribution in [3.05, 3.63) is 0 Å². The summed E-state index contributed by atoms with van der Waals surface area (Å²) in [6.45, 7) is 4.30. The molecule has 2 N–H and O–H groups in total. The summed E-state index contributed by atoms with van der Waals surface area (Å²) in [7, 11) is 0. The van der Waals surface area contributed by atoms with E-state index in [1.54, 1.807) is 0 Å². The van der Waals surface area contributed by atoms with E-state index < -0.39 is 0 Å². The second-order valence-corrected chi connectivity index (χ2v) is 4.68. The zero-order valence-electron chi connectivity index (χ0n) is 8.88. The van der Waals surface area contributed by atoms with Gasteiger partial charge in [-0.2, -0.15) is 0 Å². The van der Waals surface area contributed by atoms with Gasteiger partial charge in [-0.25, -0.2) is 0 Å². The lowest BCUT2D eigenvalue weighted by Crippen LogP contribution is -2.43. The average molecular weight is 196 g/mol. The molecule has 1 aliphatic heterocycles. The Labute approximate surface area is 85.6 Å². The summed E-state index contributed by atoms with van der Waals surface area (Å²) >= 11 is 0. The first kappa shape index (κ1) is 9.97. The molecule has 1 amide bonds. The SMILES string of the molecule is CC(NC(=O)C1CCC1)C1CCNC1. The fourth-order valence-corrected chi connectivity index (χ4v) is 2.23. The smallest absolute Gasteiger partial charge is 0.223 e. The van der Waals surface area contributed by atoms with Crippen LogP contribution in [0.2, 0.25) is 0 Å². The highest BCUT2D eigenvalue weighted by atomic mass is 16.2. The number of rotatable bonds is 3. The van der Waals surface area contributed by atoms with E-state index in [2.05, 4.69) is 17.6 Å². The lowest BCUT2D eigenvalue weighted by molar-refractivity contribution is -0.128. The normalized spacial score (nSPS) is 29.6. The summed E-state index contributed by atoms with van der Waals surface area (Å²) in [4.78, 5) is 11.7. The maximum atomic E-state index is 11.7. The zero-order chi connectivity index (χ0) is 9.97. The number of carbonyl (C=O) groups is 1. The molecule has 1 saturated heterocycles. The number of hydrogen-bond donors (Lipinski definition) is 2. The van der Waals surface area contributed by atoms with Gasteiger partial charge >= 0.3 is 0 Å². The highest BCUT2D eigenvalue weighted by Crippen LogP contribution is 2.26. The van der Waals surface area contributed by atoms with Gasteiger partial charge in [-0.15, -0.1) is 0 Å². The summed E-state index contributed by atoms with van der Waals surface area (Å²) in [5.74, 6) is 1.25. The lowest BCUT2D eigenvalue weighted by atomic mass is 9.84. The molecule has 3 heteroatoms. The van der Waals surface area contributed by atoms with E-state index in [0.29, 0.717) is 17.9 Å². The summed E-state index contributed by atoms with van der Waals surface area (Å²) < 4.78 is 0. The Morgan fingerprint density at radius 3 is 2.71 bits per heavy atom. The van der Waals surface area contributed by atoms with Crippen molar-refractivity contribution < 1.29 is 4.79 Å². The summed E-state index contributed by atoms with van der Waals surface area (Å²) in [5.41, 5.74) is 0. The molecule has 2 unspecified atom stereocenters. The first-order chi connectivity index (χ1) is 6.77. The van der Waals surface area contributed by atoms with Crippen LogP contribution in [0.25, 0.3) is 0 Å². The third kappa shape index (κ3) is 2.08. The van der Waals surface area contributed by atoms with Crippen LogP contribution in [0, 0.1) is 11.8 Å². The molecule has 0 spiro atoms. The van der Waals surface area contributed by atoms with Crippen molar-refractivity contribution in [2.24, 2.45) is 11.8 Å². The molecule has 0 radical (unpaired) electrons. The first-order valence-electron chi connectivity index (χ1n) is 5.78. The average Bonchev–Trinajstić information content (AvgIpc) is 2.51. The molecule has 1 aliphatic carbocycles. The summed E-state index contributed by atoms with van der Waals surface area (Å²) in [5, 5.41) is 6.48. The van der Waals surface area contributed by atoms with E-state index in [9.17, 15) is 4.79 Å². The Morgan fingerprint density at radius 2 is 2.21 bits per heavy atom. The summed E-state index contributed by atoms with van der Waals surface area (Å²) in [6.07, 6.45) is 4.63. The molecule has 0 aromatic carbocycles. The van der Waals surface area contributed by atoms with Gasteiger partial charge in [0.15, 0.2) is 0 Å². The topological polar surface area (TPSA) is 41.1 Å². The lowest BCUT2D eigenvalue weighted by Gasteiger charge is -2.28. The van der Waals surface area contributed by atoms with Crippen molar-refractivity contribution in [1.82, 2.24) is 10.6 Å². The monoisotopic (exact) mass is 196 g/mol. The van der Waals surface area contributed by atoms with Gasteiger partial charge in [0.25, 0.3) is 0 Å². The highest BCUT2D eigenvalue weighted by Gasteiger charge is 2.28. The molecular formula is C11H20N2O. The third-order valence-electron chi connectivity index (χ3n) is 3.65. The van der Waals surface area contributed by atoms with E-state index in [4.69, 9.17) is 0 Å². The quantitative estimate of drug-likeness (QED) is 0.704. The molecule has 0 bridgehead atoms. The Hall–Kier alpha value is -0.570. The van der Waals surface area contributed by atoms with Gasteiger partial charge < -0.3 is 10.6 Å². The van der Waals surface area contributed by atoms with Gasteiger partial charge in [-0.1, -0.05) is 6.42 Å². The molecule has 2 fully saturated rings. The molecule has 80 valence electrons. The van der Waals surface area contributed by atoms with Crippen LogP contribution in [-0.2, 0) is 4.79 Å². The molecule has 1 saturated carbocycles. The van der Waals surface area contributed by atoms with Crippen LogP contribution in [0.15, 0.2) is 0 Å². The fourth-order valence-electron chi connectivity index (χ4n) is 2.23. The van der Waals surface area contributed by atoms with Gasteiger partial charge in [0.1, 0.15) is 0 Å². The Morgan fingerprint density at radius 1 is 1.43 bits per heavy atom. The molecule has 2 atom stereocenters. The molecule has 2 aliphatic rings. The summed E-state index contributed by atoms with van der Waals surface area (Å²) in [6, 6.07) is 0.345. The van der Waals surface area contributed by atoms with Gasteiger partial charge in [0.05, 0.1) is 0 Å². The molecule has 0 aromatic heterocycles. The Balaban J connectivity index is 1.74. The van der Waals surface area contributed by atoms with Crippen molar-refractivity contribution >= 4 is 5.91 Å². The minimum absolute atomic E-state index is 0.288. The maximum absolute atomic E-state index is 11.7. The zero-order valence-corrected chi connectivity index (χ0v) is 8.88. The van der Waals surface area contributed by atoms with Gasteiger partial charge in [-0.05, 0) is 45.2 Å². The van der Waals surface area contributed by atoms with Gasteiger partial charge in [0, 0.05) is 12.0 Å². The standard InChI is InChI=1S/C11H20N2O/c1-8(10-5-6-12-7-10)13-11(14)9-3-2-4-9/h8-10,12H,2-7H2,1H3,(H,13,14). The van der Waals surface area contributed by atoms with Crippen LogP contribution in [0.3, 0.4) is 0 Å². The molecular weight excluding hydrogens is 176 g/mol. The van der Waals surface area contributed by atoms with E-state index in [-0.39, 0.29) is 5.91 Å². The predicted molar refractivity (Wildman–Crippen MR) is 55.9 cm³/mol. The van der Waals surface area contributed by atoms with Crippen LogP contribution in [0.1, 0.15) is 32.6 Å². The molecule has 3 nitrogen and oxygen atoms in total. The van der Waals surface area contributed by atoms with E-state index in [0.717, 1.165) is 25.9 Å². The third-order valence-corrected chi connectivity index (χ3v) is 3.65. The van der Waals surface area contributed by atoms with E-state index in [1.807, 2.05) is 0 Å². The first-order valence-corrected chi connectivity index (χ1v) is 5.78. The largest absolute Gasteiger partial charge is 0.353 e. The number of nitrogens with one attached hydrogen (secondary N) is 2. The predicted octanol–water partition coefficient (Wildman–Crippen LogP) is 0.901. The number of carbonyl (C=O) groups excluding carboxylic acids is 1. The van der Waals surface area contributed by atoms with Crippen molar-refractivity contribution in [3.63, 3.8) is 0 Å². The van der Waals surface area contributed by atoms with Crippen molar-refractivity contribution in [2.45, 2.75) is 38.6 Å². The molecule has 2 rings (SSSR count). The second-order valence-electron chi connectivity index (χ2n) is 4.68. The fraction of sp³-hybridized carbons (Fsp3) is 0.909. The molecule has 1 heterocycles. The Kier molecular flexibility index (Phi) is 3.06. The minimum atomic E-state index is 0.288. The molecule has 0 aromatic rings. The number of hydrogen-bond acceptors (Lipinski definition) is 2. The van der Waals surface area contributed by atoms with Crippen molar-refractivity contribution in [2.75, 3.05) is 13.1 Å². The minimum Gasteiger partial charge on any atom is -0.353 e. The van der Waals surface area contributed by atoms with Crippen LogP contribution >= 0.6 is 0 Å². The highest BCUT2D eigenvalue weighted by molar-refractivity contribution is 5.79. The van der Waals surface area contributed by atoms with E-state index >= 15 is 0 Å². The Bertz CT molecular complexity index is 207. The van der Waals surface area contributed by atoms with Crippen LogP contribution in [-0.4, -0.2) is 25.0 Å². The van der Waals surface area contributed by atoms with Crippen LogP contribution in [0.4, 0.5) is 0 Å². The van der Waals surface area contributed by atoms with Gasteiger partial charge in [-0.3, -0.25) is 4.79 Å². The maximum Gasteiger partial charge on any atom is 0.223 e. The van der Waals surface area contributed by atoms with E-state index in [1.165, 1.54) is 12.8 Å². The molecule has 14 heavy (non-hydrogen) atoms. The number of amides is 1. The van der Waals surface area contributed by atoms with Crippen molar-refractivity contribution in [1.29, 1.82) is 0 Å². The van der Waals surface area contributed by atoms with Gasteiger partial charge in [0.2, 0.25) is 5.91 Å². The van der Waals surface area contributed by atoms with Crippen LogP contribution < -0.4 is 10.6 Å². The second kappa shape index (κ2) is 4.30. The van der Waals surface area contributed by atoms with Crippen LogP contribution in [0.5, 0.6) is 0 Å².